The van der Waals surface area contributed by atoms with Crippen molar-refractivity contribution in [3.8, 4) is 28.3 Å². The molecule has 4 heterocycles. The zero-order chi connectivity index (χ0) is 34.9. The smallest absolute Gasteiger partial charge is 0.330 e. The summed E-state index contributed by atoms with van der Waals surface area (Å²) in [4.78, 5) is 58.9. The van der Waals surface area contributed by atoms with Gasteiger partial charge in [-0.2, -0.15) is 0 Å². The Kier molecular flexibility index (Phi) is 7.98. The van der Waals surface area contributed by atoms with Crippen LogP contribution in [0.1, 0.15) is 46.4 Å². The Morgan fingerprint density at radius 1 is 1.08 bits per heavy atom. The highest BCUT2D eigenvalue weighted by Crippen LogP contribution is 2.50. The molecular formula is C36H36ClFN6O5. The molecule has 2 saturated heterocycles. The largest absolute Gasteiger partial charge is 0.481 e. The Labute approximate surface area is 286 Å². The fraction of sp³-hybridized carbons (Fsp3) is 0.361. The molecule has 2 aromatic heterocycles. The predicted molar refractivity (Wildman–Crippen MR) is 184 cm³/mol. The van der Waals surface area contributed by atoms with Crippen LogP contribution in [-0.4, -0.2) is 69.0 Å². The van der Waals surface area contributed by atoms with Gasteiger partial charge in [0.05, 0.1) is 17.8 Å². The second kappa shape index (κ2) is 12.0. The van der Waals surface area contributed by atoms with Crippen LogP contribution in [0.2, 0.25) is 5.02 Å². The number of likely N-dealkylation sites (tertiary alicyclic amines) is 2. The predicted octanol–water partition coefficient (Wildman–Crippen LogP) is 4.33. The highest BCUT2D eigenvalue weighted by molar-refractivity contribution is 6.36. The number of methoxy groups -OCH3 is 1. The van der Waals surface area contributed by atoms with E-state index in [2.05, 4.69) is 10.2 Å². The lowest BCUT2D eigenvalue weighted by molar-refractivity contribution is -0.161. The van der Waals surface area contributed by atoms with Crippen molar-refractivity contribution in [1.29, 1.82) is 0 Å². The van der Waals surface area contributed by atoms with E-state index < -0.39 is 23.0 Å². The quantitative estimate of drug-likeness (QED) is 0.321. The summed E-state index contributed by atoms with van der Waals surface area (Å²) < 4.78 is 23.5. The molecule has 2 aliphatic heterocycles. The number of aryl methyl sites for hydroxylation is 2. The molecule has 2 aromatic carbocycles. The average Bonchev–Trinajstić information content (AvgIpc) is 3.45. The zero-order valence-corrected chi connectivity index (χ0v) is 28.7. The van der Waals surface area contributed by atoms with Gasteiger partial charge in [-0.3, -0.25) is 23.9 Å². The molecule has 49 heavy (non-hydrogen) atoms. The Balaban J connectivity index is 1.19. The molecule has 1 spiro atoms. The summed E-state index contributed by atoms with van der Waals surface area (Å²) in [5.74, 6) is -0.616. The molecule has 2 amide bonds. The third-order valence-electron chi connectivity index (χ3n) is 10.2. The van der Waals surface area contributed by atoms with Gasteiger partial charge in [0.1, 0.15) is 11.4 Å². The van der Waals surface area contributed by atoms with Crippen molar-refractivity contribution in [2.45, 2.75) is 32.7 Å². The molecular weight excluding hydrogens is 651 g/mol. The molecule has 2 fully saturated rings. The number of amides is 2. The highest BCUT2D eigenvalue weighted by Gasteiger charge is 2.55. The number of hydrogen-bond donors (Lipinski definition) is 1. The second-order valence-corrected chi connectivity index (χ2v) is 13.8. The summed E-state index contributed by atoms with van der Waals surface area (Å²) in [6.07, 6.45) is 2.95. The number of pyridine rings is 1. The minimum absolute atomic E-state index is 0.122. The summed E-state index contributed by atoms with van der Waals surface area (Å²) in [5, 5.41) is 2.90. The van der Waals surface area contributed by atoms with E-state index in [1.54, 1.807) is 45.2 Å². The lowest BCUT2D eigenvalue weighted by Crippen LogP contribution is -2.72. The van der Waals surface area contributed by atoms with E-state index >= 15 is 4.39 Å². The highest BCUT2D eigenvalue weighted by atomic mass is 35.5. The van der Waals surface area contributed by atoms with Crippen molar-refractivity contribution >= 4 is 29.1 Å². The molecule has 1 unspecified atom stereocenters. The van der Waals surface area contributed by atoms with E-state index in [0.29, 0.717) is 34.0 Å². The van der Waals surface area contributed by atoms with Crippen molar-refractivity contribution in [2.24, 2.45) is 19.5 Å². The van der Waals surface area contributed by atoms with Gasteiger partial charge in [-0.15, -0.1) is 0 Å². The number of aromatic nitrogens is 3. The van der Waals surface area contributed by atoms with Gasteiger partial charge in [-0.25, -0.2) is 14.2 Å². The van der Waals surface area contributed by atoms with Crippen LogP contribution in [0.25, 0.3) is 22.4 Å². The first-order valence-electron chi connectivity index (χ1n) is 16.1. The van der Waals surface area contributed by atoms with Crippen LogP contribution in [0, 0.1) is 18.2 Å². The number of rotatable bonds is 6. The number of hydrogen-bond acceptors (Lipinski definition) is 7. The zero-order valence-electron chi connectivity index (χ0n) is 27.9. The molecule has 1 atom stereocenters. The topological polar surface area (TPSA) is 119 Å². The maximum atomic E-state index is 15.6. The van der Waals surface area contributed by atoms with E-state index in [1.165, 1.54) is 26.4 Å². The van der Waals surface area contributed by atoms with E-state index in [-0.39, 0.29) is 33.5 Å². The van der Waals surface area contributed by atoms with Gasteiger partial charge in [-0.1, -0.05) is 23.7 Å². The number of fused-ring (bicyclic) bond motifs is 1. The molecule has 13 heteroatoms. The Hall–Kier alpha value is -4.81. The SMILES string of the molecule is COc1nc(-c2ccc(F)c(-c3cccc(NC(=O)c4cn(C)c(=O)n(C)c4=O)c3C)c2Cl)cc2c1C(N1CC3(CN(C(C)=O)C3)C1)CC2. The number of carbonyl (C=O) groups is 2. The van der Waals surface area contributed by atoms with Gasteiger partial charge < -0.3 is 19.5 Å². The van der Waals surface area contributed by atoms with Crippen LogP contribution in [0.4, 0.5) is 10.1 Å². The third kappa shape index (κ3) is 5.34. The average molecular weight is 687 g/mol. The number of carbonyl (C=O) groups excluding carboxylic acids is 2. The third-order valence-corrected chi connectivity index (χ3v) is 10.6. The summed E-state index contributed by atoms with van der Waals surface area (Å²) in [6.45, 7) is 6.82. The van der Waals surface area contributed by atoms with Gasteiger partial charge in [0.25, 0.3) is 11.5 Å². The molecule has 254 valence electrons. The van der Waals surface area contributed by atoms with Crippen molar-refractivity contribution < 1.29 is 18.7 Å². The molecule has 3 aliphatic rings. The van der Waals surface area contributed by atoms with Crippen LogP contribution in [0.5, 0.6) is 5.88 Å². The Bertz CT molecular complexity index is 2180. The monoisotopic (exact) mass is 686 g/mol. The van der Waals surface area contributed by atoms with Gasteiger partial charge in [0.15, 0.2) is 0 Å². The van der Waals surface area contributed by atoms with E-state index in [4.69, 9.17) is 21.3 Å². The first kappa shape index (κ1) is 32.7. The van der Waals surface area contributed by atoms with Crippen LogP contribution in [0.15, 0.2) is 52.2 Å². The van der Waals surface area contributed by atoms with E-state index in [9.17, 15) is 19.2 Å². The number of benzene rings is 2. The summed E-state index contributed by atoms with van der Waals surface area (Å²) >= 11 is 7.00. The standard InChI is InChI=1S/C36H36ClFN6O5/c1-19-22(7-6-8-26(19)39-32(46)24-14-41(3)35(48)42(4)34(24)47)30-25(38)11-10-23(31(30)37)27-13-21-9-12-28(29(21)33(40-27)49-5)44-17-36(18-44)15-43(16-36)20(2)45/h6-8,10-11,13-14,28H,9,12,15-18H2,1-5H3,(H,39,46). The molecule has 11 nitrogen and oxygen atoms in total. The maximum absolute atomic E-state index is 15.6. The molecule has 0 bridgehead atoms. The van der Waals surface area contributed by atoms with Crippen molar-refractivity contribution in [1.82, 2.24) is 23.9 Å². The molecule has 0 saturated carbocycles. The van der Waals surface area contributed by atoms with Gasteiger partial charge >= 0.3 is 5.69 Å². The number of ether oxygens (including phenoxy) is 1. The number of anilines is 1. The molecule has 0 radical (unpaired) electrons. The van der Waals surface area contributed by atoms with E-state index in [0.717, 1.165) is 59.3 Å². The normalized spacial score (nSPS) is 17.8. The lowest BCUT2D eigenvalue weighted by Gasteiger charge is -2.61. The van der Waals surface area contributed by atoms with Crippen LogP contribution in [-0.2, 0) is 25.3 Å². The van der Waals surface area contributed by atoms with Gasteiger partial charge in [0.2, 0.25) is 11.8 Å². The summed E-state index contributed by atoms with van der Waals surface area (Å²) in [5.41, 5.74) is 3.45. The molecule has 1 N–H and O–H groups in total. The van der Waals surface area contributed by atoms with Gasteiger partial charge in [0, 0.05) is 87.2 Å². The second-order valence-electron chi connectivity index (χ2n) is 13.4. The maximum Gasteiger partial charge on any atom is 0.330 e. The first-order valence-corrected chi connectivity index (χ1v) is 16.4. The van der Waals surface area contributed by atoms with Crippen LogP contribution < -0.4 is 21.3 Å². The van der Waals surface area contributed by atoms with Crippen molar-refractivity contribution in [3.63, 3.8) is 0 Å². The molecule has 4 aromatic rings. The molecule has 7 rings (SSSR count). The fourth-order valence-electron chi connectivity index (χ4n) is 7.66. The van der Waals surface area contributed by atoms with Gasteiger partial charge in [-0.05, 0) is 60.7 Å². The Morgan fingerprint density at radius 2 is 1.82 bits per heavy atom. The lowest BCUT2D eigenvalue weighted by atomic mass is 9.72. The molecule has 1 aliphatic carbocycles. The Morgan fingerprint density at radius 3 is 2.51 bits per heavy atom. The fourth-order valence-corrected chi connectivity index (χ4v) is 8.01. The van der Waals surface area contributed by atoms with Crippen LogP contribution in [0.3, 0.4) is 0 Å². The minimum atomic E-state index is -0.729. The number of halogens is 2. The summed E-state index contributed by atoms with van der Waals surface area (Å²) in [7, 11) is 4.35. The van der Waals surface area contributed by atoms with Crippen molar-refractivity contribution in [3.05, 3.63) is 96.5 Å². The minimum Gasteiger partial charge on any atom is -0.481 e. The number of nitrogens with one attached hydrogen (secondary N) is 1. The van der Waals surface area contributed by atoms with Crippen molar-refractivity contribution in [2.75, 3.05) is 38.6 Å². The summed E-state index contributed by atoms with van der Waals surface area (Å²) in [6, 6.07) is 10.2. The van der Waals surface area contributed by atoms with Crippen LogP contribution >= 0.6 is 11.6 Å². The number of nitrogens with zero attached hydrogens (tertiary/aromatic N) is 5. The first-order chi connectivity index (χ1) is 23.3. The van der Waals surface area contributed by atoms with E-state index in [1.807, 2.05) is 11.0 Å².